The SMILES string of the molecule is C=CCSC[Si](C)(C)C. The summed E-state index contributed by atoms with van der Waals surface area (Å²) in [6.45, 7) is 10.9. The molecule has 0 aromatic rings. The van der Waals surface area contributed by atoms with Gasteiger partial charge >= 0.3 is 0 Å². The van der Waals surface area contributed by atoms with Gasteiger partial charge in [-0.1, -0.05) is 25.7 Å². The summed E-state index contributed by atoms with van der Waals surface area (Å²) in [6.07, 6.45) is 1.98. The molecule has 0 amide bonds. The first kappa shape index (κ1) is 9.31. The molecule has 0 N–H and O–H groups in total. The first-order chi connectivity index (χ1) is 4.06. The molecule has 0 bridgehead atoms. The molecule has 0 aliphatic heterocycles. The van der Waals surface area contributed by atoms with Crippen molar-refractivity contribution in [3.63, 3.8) is 0 Å². The molecule has 0 atom stereocenters. The lowest BCUT2D eigenvalue weighted by Gasteiger charge is -2.13. The topological polar surface area (TPSA) is 0 Å². The lowest BCUT2D eigenvalue weighted by Crippen LogP contribution is -2.23. The van der Waals surface area contributed by atoms with Crippen LogP contribution >= 0.6 is 11.8 Å². The van der Waals surface area contributed by atoms with Crippen LogP contribution < -0.4 is 0 Å². The number of rotatable bonds is 4. The van der Waals surface area contributed by atoms with E-state index in [9.17, 15) is 0 Å². The monoisotopic (exact) mass is 160 g/mol. The predicted octanol–water partition coefficient (Wildman–Crippen LogP) is 2.78. The summed E-state index contributed by atoms with van der Waals surface area (Å²) in [5.74, 6) is 1.12. The average Bonchev–Trinajstić information content (AvgIpc) is 1.63. The van der Waals surface area contributed by atoms with E-state index in [0.29, 0.717) is 0 Å². The van der Waals surface area contributed by atoms with Crippen LogP contribution in [-0.2, 0) is 0 Å². The van der Waals surface area contributed by atoms with Crippen LogP contribution in [0.15, 0.2) is 12.7 Å². The lowest BCUT2D eigenvalue weighted by atomic mass is 10.8. The quantitative estimate of drug-likeness (QED) is 0.346. The molecular weight excluding hydrogens is 144 g/mol. The molecule has 0 saturated carbocycles. The number of thioether (sulfide) groups is 1. The van der Waals surface area contributed by atoms with Crippen molar-refractivity contribution in [1.82, 2.24) is 0 Å². The van der Waals surface area contributed by atoms with Gasteiger partial charge in [0.1, 0.15) is 0 Å². The third-order valence-electron chi connectivity index (χ3n) is 0.771. The largest absolute Gasteiger partial charge is 0.161 e. The molecule has 0 spiro atoms. The van der Waals surface area contributed by atoms with E-state index < -0.39 is 8.07 Å². The van der Waals surface area contributed by atoms with E-state index in [1.54, 1.807) is 0 Å². The molecule has 0 aromatic heterocycles. The smallest absolute Gasteiger partial charge is 0.0548 e. The highest BCUT2D eigenvalue weighted by Crippen LogP contribution is 2.10. The molecule has 0 radical (unpaired) electrons. The zero-order valence-corrected chi connectivity index (χ0v) is 8.42. The molecule has 9 heavy (non-hydrogen) atoms. The van der Waals surface area contributed by atoms with E-state index in [1.165, 1.54) is 5.38 Å². The fourth-order valence-corrected chi connectivity index (χ4v) is 3.54. The molecule has 0 saturated heterocycles. The van der Waals surface area contributed by atoms with Gasteiger partial charge in [-0.2, -0.15) is 11.8 Å². The van der Waals surface area contributed by atoms with E-state index in [0.717, 1.165) is 5.75 Å². The maximum Gasteiger partial charge on any atom is 0.0548 e. The van der Waals surface area contributed by atoms with Crippen LogP contribution in [0.25, 0.3) is 0 Å². The number of hydrogen-bond donors (Lipinski definition) is 0. The van der Waals surface area contributed by atoms with Crippen molar-refractivity contribution in [3.05, 3.63) is 12.7 Å². The summed E-state index contributed by atoms with van der Waals surface area (Å²) in [7, 11) is -0.779. The van der Waals surface area contributed by atoms with Crippen molar-refractivity contribution in [2.45, 2.75) is 19.6 Å². The van der Waals surface area contributed by atoms with Crippen LogP contribution in [-0.4, -0.2) is 19.2 Å². The summed E-state index contributed by atoms with van der Waals surface area (Å²) >= 11 is 2.00. The van der Waals surface area contributed by atoms with Gasteiger partial charge in [0.15, 0.2) is 0 Å². The van der Waals surface area contributed by atoms with Crippen molar-refractivity contribution in [3.8, 4) is 0 Å². The van der Waals surface area contributed by atoms with E-state index in [1.807, 2.05) is 17.8 Å². The van der Waals surface area contributed by atoms with Crippen LogP contribution in [0.2, 0.25) is 19.6 Å². The van der Waals surface area contributed by atoms with E-state index in [-0.39, 0.29) is 0 Å². The molecule has 0 nitrogen and oxygen atoms in total. The highest BCUT2D eigenvalue weighted by Gasteiger charge is 2.11. The molecule has 0 unspecified atom stereocenters. The molecular formula is C7H16SSi. The van der Waals surface area contributed by atoms with Crippen LogP contribution in [0.4, 0.5) is 0 Å². The van der Waals surface area contributed by atoms with Crippen molar-refractivity contribution in [2.75, 3.05) is 11.1 Å². The summed E-state index contributed by atoms with van der Waals surface area (Å²) in [4.78, 5) is 0. The van der Waals surface area contributed by atoms with Gasteiger partial charge in [0.25, 0.3) is 0 Å². The Kier molecular flexibility index (Phi) is 4.32. The molecule has 0 heterocycles. The average molecular weight is 160 g/mol. The second kappa shape index (κ2) is 4.17. The Bertz CT molecular complexity index is 83.4. The minimum atomic E-state index is -0.779. The molecule has 0 aromatic carbocycles. The van der Waals surface area contributed by atoms with Crippen molar-refractivity contribution < 1.29 is 0 Å². The summed E-state index contributed by atoms with van der Waals surface area (Å²) in [5, 5.41) is 1.36. The zero-order valence-electron chi connectivity index (χ0n) is 6.61. The zero-order chi connectivity index (χ0) is 7.33. The first-order valence-corrected chi connectivity index (χ1v) is 8.11. The van der Waals surface area contributed by atoms with Crippen LogP contribution in [0.3, 0.4) is 0 Å². The Labute approximate surface area is 63.7 Å². The normalized spacial score (nSPS) is 11.4. The lowest BCUT2D eigenvalue weighted by molar-refractivity contribution is 1.66. The Morgan fingerprint density at radius 2 is 2.00 bits per heavy atom. The summed E-state index contributed by atoms with van der Waals surface area (Å²) < 4.78 is 0. The van der Waals surface area contributed by atoms with E-state index >= 15 is 0 Å². The fourth-order valence-electron chi connectivity index (χ4n) is 0.448. The van der Waals surface area contributed by atoms with Gasteiger partial charge in [0, 0.05) is 5.75 Å². The first-order valence-electron chi connectivity index (χ1n) is 3.25. The van der Waals surface area contributed by atoms with Crippen molar-refractivity contribution in [1.29, 1.82) is 0 Å². The Morgan fingerprint density at radius 1 is 1.44 bits per heavy atom. The van der Waals surface area contributed by atoms with Gasteiger partial charge in [0.2, 0.25) is 0 Å². The maximum absolute atomic E-state index is 3.67. The second-order valence-corrected chi connectivity index (χ2v) is 10.4. The maximum atomic E-state index is 3.67. The third kappa shape index (κ3) is 8.31. The minimum Gasteiger partial charge on any atom is -0.161 e. The standard InChI is InChI=1S/C7H16SSi/c1-5-6-8-7-9(2,3)4/h5H,1,6-7H2,2-4H3. The highest BCUT2D eigenvalue weighted by molar-refractivity contribution is 8.01. The van der Waals surface area contributed by atoms with E-state index in [4.69, 9.17) is 0 Å². The highest BCUT2D eigenvalue weighted by atomic mass is 32.2. The Hall–Kier alpha value is 0.307. The van der Waals surface area contributed by atoms with Gasteiger partial charge in [-0.15, -0.1) is 6.58 Å². The molecule has 0 aliphatic carbocycles. The van der Waals surface area contributed by atoms with Gasteiger partial charge in [-0.25, -0.2) is 0 Å². The van der Waals surface area contributed by atoms with Crippen molar-refractivity contribution in [2.24, 2.45) is 0 Å². The van der Waals surface area contributed by atoms with Crippen LogP contribution in [0.1, 0.15) is 0 Å². The molecule has 54 valence electrons. The van der Waals surface area contributed by atoms with Gasteiger partial charge < -0.3 is 0 Å². The predicted molar refractivity (Wildman–Crippen MR) is 50.9 cm³/mol. The molecule has 0 aliphatic rings. The van der Waals surface area contributed by atoms with Crippen LogP contribution in [0.5, 0.6) is 0 Å². The van der Waals surface area contributed by atoms with Gasteiger partial charge in [-0.05, 0) is 5.38 Å². The molecule has 2 heteroatoms. The van der Waals surface area contributed by atoms with Crippen LogP contribution in [0, 0.1) is 0 Å². The number of hydrogen-bond acceptors (Lipinski definition) is 1. The Balaban J connectivity index is 3.17. The molecule has 0 rings (SSSR count). The third-order valence-corrected chi connectivity index (χ3v) is 5.52. The summed E-state index contributed by atoms with van der Waals surface area (Å²) in [5.41, 5.74) is 0. The van der Waals surface area contributed by atoms with Crippen molar-refractivity contribution >= 4 is 19.8 Å². The fraction of sp³-hybridized carbons (Fsp3) is 0.714. The Morgan fingerprint density at radius 3 is 2.33 bits per heavy atom. The van der Waals surface area contributed by atoms with E-state index in [2.05, 4.69) is 26.2 Å². The minimum absolute atomic E-state index is 0.779. The summed E-state index contributed by atoms with van der Waals surface area (Å²) in [6, 6.07) is 0. The second-order valence-electron chi connectivity index (χ2n) is 3.36. The van der Waals surface area contributed by atoms with Gasteiger partial charge in [0.05, 0.1) is 8.07 Å². The van der Waals surface area contributed by atoms with Gasteiger partial charge in [-0.3, -0.25) is 0 Å². The molecule has 0 fully saturated rings.